The molecule has 0 aliphatic rings. The van der Waals surface area contributed by atoms with E-state index in [4.69, 9.17) is 6.42 Å². The van der Waals surface area contributed by atoms with Gasteiger partial charge in [-0.15, -0.1) is 6.42 Å². The second-order valence-electron chi connectivity index (χ2n) is 6.15. The number of benzene rings is 1. The van der Waals surface area contributed by atoms with Gasteiger partial charge in [-0.25, -0.2) is 4.39 Å². The van der Waals surface area contributed by atoms with Crippen LogP contribution in [0, 0.1) is 18.2 Å². The molecule has 0 aliphatic carbocycles. The van der Waals surface area contributed by atoms with Crippen molar-refractivity contribution in [1.82, 2.24) is 14.5 Å². The number of nitrogens with zero attached hydrogens (tertiary/aromatic N) is 3. The Morgan fingerprint density at radius 1 is 1.07 bits per heavy atom. The average Bonchev–Trinajstić information content (AvgIpc) is 2.71. The molecule has 140 valence electrons. The van der Waals surface area contributed by atoms with Gasteiger partial charge in [-0.3, -0.25) is 19.1 Å². The standard InChI is InChI=1S/C22H18FN3O2/c1-2-13-26-20(9-6-10-21(26)27)22(28)25(15-17-7-4-3-5-8-17)16-19-12-11-18(23)14-24-19/h1,3-12,14H,13,15-16H2. The summed E-state index contributed by atoms with van der Waals surface area (Å²) in [6.07, 6.45) is 6.46. The van der Waals surface area contributed by atoms with Crippen LogP contribution < -0.4 is 5.56 Å². The molecule has 3 rings (SSSR count). The van der Waals surface area contributed by atoms with Crippen LogP contribution >= 0.6 is 0 Å². The summed E-state index contributed by atoms with van der Waals surface area (Å²) in [5.41, 5.74) is 1.30. The van der Waals surface area contributed by atoms with Crippen molar-refractivity contribution >= 4 is 5.91 Å². The topological polar surface area (TPSA) is 55.2 Å². The number of carbonyl (C=O) groups excluding carboxylic acids is 1. The van der Waals surface area contributed by atoms with E-state index >= 15 is 0 Å². The average molecular weight is 375 g/mol. The summed E-state index contributed by atoms with van der Waals surface area (Å²) in [4.78, 5) is 31.0. The van der Waals surface area contributed by atoms with Crippen LogP contribution in [0.15, 0.2) is 71.7 Å². The Labute approximate surface area is 162 Å². The third kappa shape index (κ3) is 4.51. The fourth-order valence-corrected chi connectivity index (χ4v) is 2.82. The molecular weight excluding hydrogens is 357 g/mol. The minimum Gasteiger partial charge on any atom is -0.327 e. The molecule has 2 aromatic heterocycles. The molecular formula is C22H18FN3O2. The van der Waals surface area contributed by atoms with Crippen molar-refractivity contribution < 1.29 is 9.18 Å². The van der Waals surface area contributed by atoms with E-state index in [9.17, 15) is 14.0 Å². The molecule has 1 amide bonds. The van der Waals surface area contributed by atoms with Crippen molar-refractivity contribution in [3.8, 4) is 12.3 Å². The Hall–Kier alpha value is -3.72. The number of pyridine rings is 2. The maximum Gasteiger partial charge on any atom is 0.271 e. The van der Waals surface area contributed by atoms with E-state index in [0.717, 1.165) is 11.8 Å². The molecule has 0 saturated heterocycles. The first-order chi connectivity index (χ1) is 13.6. The highest BCUT2D eigenvalue weighted by Crippen LogP contribution is 2.13. The molecule has 0 saturated carbocycles. The number of aromatic nitrogens is 2. The number of hydrogen-bond acceptors (Lipinski definition) is 3. The van der Waals surface area contributed by atoms with Gasteiger partial charge in [0.25, 0.3) is 11.5 Å². The van der Waals surface area contributed by atoms with E-state index in [1.165, 1.54) is 28.8 Å². The SMILES string of the molecule is C#CCn1c(C(=O)N(Cc2ccccc2)Cc2ccc(F)cn2)cccc1=O. The fourth-order valence-electron chi connectivity index (χ4n) is 2.82. The number of halogens is 1. The maximum absolute atomic E-state index is 13.3. The molecule has 0 fully saturated rings. The zero-order chi connectivity index (χ0) is 19.9. The Morgan fingerprint density at radius 3 is 2.54 bits per heavy atom. The van der Waals surface area contributed by atoms with Gasteiger partial charge in [0.1, 0.15) is 11.5 Å². The van der Waals surface area contributed by atoms with Gasteiger partial charge >= 0.3 is 0 Å². The second-order valence-corrected chi connectivity index (χ2v) is 6.15. The van der Waals surface area contributed by atoms with Crippen LogP contribution in [0.4, 0.5) is 4.39 Å². The summed E-state index contributed by atoms with van der Waals surface area (Å²) in [6, 6.07) is 16.7. The van der Waals surface area contributed by atoms with Crippen LogP contribution in [0.25, 0.3) is 0 Å². The quantitative estimate of drug-likeness (QED) is 0.623. The summed E-state index contributed by atoms with van der Waals surface area (Å²) < 4.78 is 14.4. The molecule has 5 nitrogen and oxygen atoms in total. The van der Waals surface area contributed by atoms with E-state index in [2.05, 4.69) is 10.9 Å². The van der Waals surface area contributed by atoms with Gasteiger partial charge in [-0.1, -0.05) is 42.3 Å². The number of rotatable bonds is 6. The van der Waals surface area contributed by atoms with Gasteiger partial charge in [0.2, 0.25) is 0 Å². The largest absolute Gasteiger partial charge is 0.327 e. The third-order valence-electron chi connectivity index (χ3n) is 4.16. The van der Waals surface area contributed by atoms with Gasteiger partial charge < -0.3 is 4.90 Å². The third-order valence-corrected chi connectivity index (χ3v) is 4.16. The van der Waals surface area contributed by atoms with Gasteiger partial charge in [-0.2, -0.15) is 0 Å². The van der Waals surface area contributed by atoms with E-state index in [1.807, 2.05) is 30.3 Å². The minimum atomic E-state index is -0.449. The molecule has 0 N–H and O–H groups in total. The molecule has 0 atom stereocenters. The highest BCUT2D eigenvalue weighted by molar-refractivity contribution is 5.92. The van der Waals surface area contributed by atoms with Crippen molar-refractivity contribution in [3.05, 3.63) is 100.0 Å². The van der Waals surface area contributed by atoms with Crippen LogP contribution in [-0.2, 0) is 19.6 Å². The Bertz CT molecular complexity index is 1050. The van der Waals surface area contributed by atoms with Crippen molar-refractivity contribution in [2.24, 2.45) is 0 Å². The zero-order valence-electron chi connectivity index (χ0n) is 15.1. The lowest BCUT2D eigenvalue weighted by atomic mass is 10.2. The first-order valence-corrected chi connectivity index (χ1v) is 8.65. The van der Waals surface area contributed by atoms with Crippen molar-refractivity contribution in [1.29, 1.82) is 0 Å². The predicted molar refractivity (Wildman–Crippen MR) is 104 cm³/mol. The van der Waals surface area contributed by atoms with Crippen molar-refractivity contribution in [2.75, 3.05) is 0 Å². The van der Waals surface area contributed by atoms with Crippen LogP contribution in [0.2, 0.25) is 0 Å². The molecule has 0 unspecified atom stereocenters. The van der Waals surface area contributed by atoms with Gasteiger partial charge in [0.15, 0.2) is 0 Å². The van der Waals surface area contributed by atoms with Crippen molar-refractivity contribution in [2.45, 2.75) is 19.6 Å². The number of carbonyl (C=O) groups is 1. The summed E-state index contributed by atoms with van der Waals surface area (Å²) in [5.74, 6) is 1.60. The minimum absolute atomic E-state index is 0.00524. The first-order valence-electron chi connectivity index (χ1n) is 8.65. The summed E-state index contributed by atoms with van der Waals surface area (Å²) >= 11 is 0. The molecule has 0 spiro atoms. The molecule has 3 aromatic rings. The second kappa shape index (κ2) is 8.78. The fraction of sp³-hybridized carbons (Fsp3) is 0.136. The number of terminal acetylenes is 1. The maximum atomic E-state index is 13.3. The molecule has 0 bridgehead atoms. The normalized spacial score (nSPS) is 10.3. The van der Waals surface area contributed by atoms with E-state index < -0.39 is 5.82 Å². The smallest absolute Gasteiger partial charge is 0.271 e. The highest BCUT2D eigenvalue weighted by atomic mass is 19.1. The van der Waals surface area contributed by atoms with Gasteiger partial charge in [0.05, 0.1) is 25.0 Å². The molecule has 1 aromatic carbocycles. The Morgan fingerprint density at radius 2 is 1.86 bits per heavy atom. The van der Waals surface area contributed by atoms with Crippen LogP contribution in [0.1, 0.15) is 21.7 Å². The summed E-state index contributed by atoms with van der Waals surface area (Å²) in [6.45, 7) is 0.458. The van der Waals surface area contributed by atoms with Gasteiger partial charge in [0, 0.05) is 12.6 Å². The van der Waals surface area contributed by atoms with E-state index in [0.29, 0.717) is 12.2 Å². The van der Waals surface area contributed by atoms with Crippen molar-refractivity contribution in [3.63, 3.8) is 0 Å². The van der Waals surface area contributed by atoms with Gasteiger partial charge in [-0.05, 0) is 23.8 Å². The van der Waals surface area contributed by atoms with Crippen LogP contribution in [0.5, 0.6) is 0 Å². The lowest BCUT2D eigenvalue weighted by Crippen LogP contribution is -2.35. The zero-order valence-corrected chi connectivity index (χ0v) is 15.1. The van der Waals surface area contributed by atoms with E-state index in [1.54, 1.807) is 11.0 Å². The Kier molecular flexibility index (Phi) is 5.97. The molecule has 0 aliphatic heterocycles. The Balaban J connectivity index is 1.97. The number of amides is 1. The van der Waals surface area contributed by atoms with E-state index in [-0.39, 0.29) is 30.2 Å². The molecule has 2 heterocycles. The lowest BCUT2D eigenvalue weighted by Gasteiger charge is -2.24. The molecule has 6 heteroatoms. The molecule has 28 heavy (non-hydrogen) atoms. The lowest BCUT2D eigenvalue weighted by molar-refractivity contribution is 0.0716. The molecule has 0 radical (unpaired) electrons. The monoisotopic (exact) mass is 375 g/mol. The summed E-state index contributed by atoms with van der Waals surface area (Å²) in [7, 11) is 0. The van der Waals surface area contributed by atoms with Crippen LogP contribution in [0.3, 0.4) is 0 Å². The van der Waals surface area contributed by atoms with Crippen LogP contribution in [-0.4, -0.2) is 20.4 Å². The summed E-state index contributed by atoms with van der Waals surface area (Å²) in [5, 5.41) is 0. The number of hydrogen-bond donors (Lipinski definition) is 0. The first kappa shape index (κ1) is 19.1. The predicted octanol–water partition coefficient (Wildman–Crippen LogP) is 2.86. The highest BCUT2D eigenvalue weighted by Gasteiger charge is 2.20.